The van der Waals surface area contributed by atoms with Crippen LogP contribution in [0.1, 0.15) is 0 Å². The molecule has 0 saturated carbocycles. The second-order valence-corrected chi connectivity index (χ2v) is 15.5. The fourth-order valence-electron chi connectivity index (χ4n) is 9.51. The predicted octanol–water partition coefficient (Wildman–Crippen LogP) is 5.64. The van der Waals surface area contributed by atoms with Crippen molar-refractivity contribution >= 4 is 90.7 Å². The van der Waals surface area contributed by atoms with Crippen molar-refractivity contribution in [3.63, 3.8) is 0 Å². The van der Waals surface area contributed by atoms with Gasteiger partial charge in [0.05, 0.1) is 24.0 Å². The number of nitrogens with zero attached hydrogens (tertiary/aromatic N) is 2. The average Bonchev–Trinajstić information content (AvgIpc) is 3.95. The topological polar surface area (TPSA) is 100 Å². The molecular weight excluding hydrogens is 748 g/mol. The van der Waals surface area contributed by atoms with Gasteiger partial charge < -0.3 is 41.9 Å². The molecule has 0 fully saturated rings. The van der Waals surface area contributed by atoms with Crippen LogP contribution in [-0.2, 0) is 16.8 Å². The maximum absolute atomic E-state index is 5.39. The van der Waals surface area contributed by atoms with Crippen LogP contribution in [0.15, 0.2) is 144 Å². The van der Waals surface area contributed by atoms with E-state index in [0.717, 1.165) is 56.5 Å². The van der Waals surface area contributed by atoms with E-state index in [1.54, 1.807) is 0 Å². The molecule has 0 saturated heterocycles. The Morgan fingerprint density at radius 1 is 0.386 bits per heavy atom. The van der Waals surface area contributed by atoms with Crippen molar-refractivity contribution in [2.24, 2.45) is 11.8 Å². The maximum Gasteiger partial charge on any atom is 2.00 e. The molecule has 4 atom stereocenters. The third-order valence-electron chi connectivity index (χ3n) is 12.3. The van der Waals surface area contributed by atoms with Crippen LogP contribution in [0.3, 0.4) is 0 Å². The van der Waals surface area contributed by atoms with Gasteiger partial charge in [0.15, 0.2) is 0 Å². The maximum atomic E-state index is 5.39. The van der Waals surface area contributed by atoms with Gasteiger partial charge in [-0.3, -0.25) is 0 Å². The molecule has 5 aliphatic rings. The molecule has 57 heavy (non-hydrogen) atoms. The zero-order valence-corrected chi connectivity index (χ0v) is 31.4. The number of hydrogen-bond acceptors (Lipinski definition) is 6. The van der Waals surface area contributed by atoms with Crippen molar-refractivity contribution < 1.29 is 16.8 Å². The van der Waals surface area contributed by atoms with E-state index in [1.165, 1.54) is 53.6 Å². The second kappa shape index (κ2) is 12.1. The monoisotopic (exact) mass is 781 g/mol. The van der Waals surface area contributed by atoms with Crippen LogP contribution in [0.25, 0.3) is 67.4 Å². The summed E-state index contributed by atoms with van der Waals surface area (Å²) in [6, 6.07) is 43.3. The first-order valence-electron chi connectivity index (χ1n) is 19.3. The summed E-state index contributed by atoms with van der Waals surface area (Å²) in [6.07, 6.45) is 9.02. The normalized spacial score (nSPS) is 21.1. The van der Waals surface area contributed by atoms with Gasteiger partial charge in [-0.1, -0.05) is 109 Å². The van der Waals surface area contributed by atoms with Crippen molar-refractivity contribution in [2.45, 2.75) is 12.3 Å². The number of fused-ring (bicyclic) bond motifs is 22. The average molecular weight is 782 g/mol. The Bertz CT molecular complexity index is 3150. The molecule has 3 aliphatic heterocycles. The van der Waals surface area contributed by atoms with Crippen LogP contribution >= 0.6 is 0 Å². The van der Waals surface area contributed by atoms with Crippen LogP contribution in [0.4, 0.5) is 23.3 Å². The van der Waals surface area contributed by atoms with Crippen LogP contribution in [0, 0.1) is 11.8 Å². The summed E-state index contributed by atoms with van der Waals surface area (Å²) in [6.45, 7) is 0. The van der Waals surface area contributed by atoms with E-state index in [9.17, 15) is 0 Å². The van der Waals surface area contributed by atoms with Gasteiger partial charge in [-0.25, -0.2) is 0 Å². The minimum absolute atomic E-state index is 0. The summed E-state index contributed by atoms with van der Waals surface area (Å²) in [5.74, 6) is 5.19. The first kappa shape index (κ1) is 32.4. The van der Waals surface area contributed by atoms with Crippen LogP contribution < -0.4 is 62.7 Å². The summed E-state index contributed by atoms with van der Waals surface area (Å²) in [5.41, 5.74) is 2.35. The van der Waals surface area contributed by atoms with Gasteiger partial charge in [-0.2, -0.15) is 0 Å². The Kier molecular flexibility index (Phi) is 6.88. The summed E-state index contributed by atoms with van der Waals surface area (Å²) in [4.78, 5) is 10.7. The number of anilines is 4. The van der Waals surface area contributed by atoms with Gasteiger partial charge in [-0.05, 0) is 112 Å². The van der Waals surface area contributed by atoms with E-state index in [4.69, 9.17) is 9.97 Å². The van der Waals surface area contributed by atoms with Gasteiger partial charge in [-0.15, -0.1) is 0 Å². The van der Waals surface area contributed by atoms with Crippen molar-refractivity contribution in [3.05, 3.63) is 165 Å². The minimum atomic E-state index is -0.177. The molecule has 1 radical (unpaired) electrons. The molecule has 9 heteroatoms. The van der Waals surface area contributed by atoms with E-state index < -0.39 is 0 Å². The van der Waals surface area contributed by atoms with Crippen LogP contribution in [0.2, 0.25) is 0 Å². The molecular formula is C48H34CoN8. The van der Waals surface area contributed by atoms with Crippen molar-refractivity contribution in [3.8, 4) is 0 Å². The van der Waals surface area contributed by atoms with Crippen LogP contribution in [0.5, 0.6) is 0 Å². The SMILES string of the molecule is C1=c2ccccc2=CC2C1=C1Nc3[n-]c(c4cc5ccccc5cc34)NC3=C4C=c5ccccc5=CC4C(N3)Nc3[n-]c(c4cc5ccccc5cc34)NC2N1.[Co+2]. The van der Waals surface area contributed by atoms with Crippen molar-refractivity contribution in [1.29, 1.82) is 0 Å². The quantitative estimate of drug-likeness (QED) is 0.118. The molecule has 8 bridgehead atoms. The minimum Gasteiger partial charge on any atom is -0.421 e. The molecule has 6 aromatic carbocycles. The Hall–Kier alpha value is -6.81. The number of nitrogens with one attached hydrogen (secondary N) is 6. The molecule has 275 valence electrons. The van der Waals surface area contributed by atoms with Crippen LogP contribution in [-0.4, -0.2) is 12.3 Å². The number of hydrogen-bond donors (Lipinski definition) is 6. The van der Waals surface area contributed by atoms with Crippen molar-refractivity contribution in [1.82, 2.24) is 20.6 Å². The molecule has 8 nitrogen and oxygen atoms in total. The standard InChI is InChI=1S/C48H34N8.Co/c1-2-10-26-18-34-33(17-25(26)9-1)41-49-42(34)54-44-37-21-29-13-5-6-14-30(29)22-38(37)46(51-44)56-48-40-24-32-16-8-7-15-31(32)23-39(40)47(52-48)55-45-36-20-28-12-4-3-11-27(28)19-35(36)43(50-45)53-41;/h1-24,33,39,41,47,49,52-56H;/q-2;+2. The molecule has 2 aromatic heterocycles. The largest absolute Gasteiger partial charge is 2.00 e. The molecule has 4 unspecified atom stereocenters. The summed E-state index contributed by atoms with van der Waals surface area (Å²) >= 11 is 0. The van der Waals surface area contributed by atoms with E-state index in [0.29, 0.717) is 0 Å². The molecule has 0 amide bonds. The summed E-state index contributed by atoms with van der Waals surface area (Å²) in [5, 5.41) is 37.0. The predicted molar refractivity (Wildman–Crippen MR) is 228 cm³/mol. The Labute approximate surface area is 337 Å². The van der Waals surface area contributed by atoms with E-state index >= 15 is 0 Å². The first-order chi connectivity index (χ1) is 27.7. The van der Waals surface area contributed by atoms with Gasteiger partial charge in [0, 0.05) is 35.1 Å². The zero-order valence-electron chi connectivity index (χ0n) is 30.4. The fourth-order valence-corrected chi connectivity index (χ4v) is 9.51. The smallest absolute Gasteiger partial charge is 0.421 e. The second-order valence-electron chi connectivity index (χ2n) is 15.5. The molecule has 2 aliphatic carbocycles. The number of aromatic nitrogens is 2. The molecule has 6 N–H and O–H groups in total. The summed E-state index contributed by atoms with van der Waals surface area (Å²) in [7, 11) is 0. The third-order valence-corrected chi connectivity index (χ3v) is 12.3. The molecule has 13 rings (SSSR count). The van der Waals surface area contributed by atoms with Crippen molar-refractivity contribution in [2.75, 3.05) is 21.3 Å². The zero-order chi connectivity index (χ0) is 36.5. The third kappa shape index (κ3) is 4.92. The Morgan fingerprint density at radius 3 is 1.16 bits per heavy atom. The van der Waals surface area contributed by atoms with E-state index in [-0.39, 0.29) is 40.9 Å². The molecule has 0 spiro atoms. The van der Waals surface area contributed by atoms with E-state index in [1.807, 2.05) is 0 Å². The van der Waals surface area contributed by atoms with Gasteiger partial charge in [0.25, 0.3) is 0 Å². The van der Waals surface area contributed by atoms with Gasteiger partial charge >= 0.3 is 16.8 Å². The fraction of sp³-hybridized carbons (Fsp3) is 0.0833. The van der Waals surface area contributed by atoms with E-state index in [2.05, 4.69) is 178 Å². The number of benzene rings is 6. The molecule has 5 heterocycles. The van der Waals surface area contributed by atoms with Gasteiger partial charge in [0.2, 0.25) is 0 Å². The number of rotatable bonds is 0. The van der Waals surface area contributed by atoms with Gasteiger partial charge in [0.1, 0.15) is 0 Å². The Balaban J connectivity index is 0.00000356. The first-order valence-corrected chi connectivity index (χ1v) is 19.3. The Morgan fingerprint density at radius 2 is 0.737 bits per heavy atom. The molecule has 8 aromatic rings. The summed E-state index contributed by atoms with van der Waals surface area (Å²) < 4.78 is 0.